The molecule has 2 heterocycles. The molecule has 0 N–H and O–H groups in total. The van der Waals surface area contributed by atoms with Gasteiger partial charge in [0.25, 0.3) is 0 Å². The second-order valence-corrected chi connectivity index (χ2v) is 4.95. The molecular formula is C11H16N2O3S. The third-order valence-corrected chi connectivity index (χ3v) is 3.90. The van der Waals surface area contributed by atoms with Crippen molar-refractivity contribution < 1.29 is 14.3 Å². The number of hydrogen-bond acceptors (Lipinski definition) is 6. The van der Waals surface area contributed by atoms with E-state index in [1.54, 1.807) is 13.3 Å². The van der Waals surface area contributed by atoms with Gasteiger partial charge in [-0.2, -0.15) is 0 Å². The van der Waals surface area contributed by atoms with Crippen LogP contribution in [0.15, 0.2) is 6.20 Å². The number of anilines is 1. The zero-order valence-electron chi connectivity index (χ0n) is 10.0. The highest BCUT2D eigenvalue weighted by molar-refractivity contribution is 7.17. The first-order valence-electron chi connectivity index (χ1n) is 5.56. The van der Waals surface area contributed by atoms with Crippen LogP contribution in [-0.4, -0.2) is 44.4 Å². The van der Waals surface area contributed by atoms with Crippen LogP contribution in [0.3, 0.4) is 0 Å². The van der Waals surface area contributed by atoms with E-state index < -0.39 is 0 Å². The molecule has 1 unspecified atom stereocenters. The molecule has 1 aromatic heterocycles. The summed E-state index contributed by atoms with van der Waals surface area (Å²) in [5.74, 6) is -0.325. The zero-order valence-corrected chi connectivity index (χ0v) is 10.8. The molecule has 0 amide bonds. The third-order valence-electron chi connectivity index (χ3n) is 2.86. The van der Waals surface area contributed by atoms with E-state index >= 15 is 0 Å². The van der Waals surface area contributed by atoms with Gasteiger partial charge in [-0.25, -0.2) is 9.78 Å². The molecule has 0 spiro atoms. The molecule has 1 saturated heterocycles. The van der Waals surface area contributed by atoms with E-state index in [0.29, 0.717) is 4.88 Å². The lowest BCUT2D eigenvalue weighted by molar-refractivity contribution is 0.0606. The van der Waals surface area contributed by atoms with Crippen LogP contribution in [0.25, 0.3) is 0 Å². The Morgan fingerprint density at radius 1 is 1.59 bits per heavy atom. The van der Waals surface area contributed by atoms with Crippen molar-refractivity contribution in [3.63, 3.8) is 0 Å². The van der Waals surface area contributed by atoms with Crippen LogP contribution in [0.4, 0.5) is 5.13 Å². The Bertz CT molecular complexity index is 394. The van der Waals surface area contributed by atoms with Gasteiger partial charge in [-0.15, -0.1) is 0 Å². The number of aromatic nitrogens is 1. The molecule has 0 aromatic carbocycles. The van der Waals surface area contributed by atoms with Crippen molar-refractivity contribution >= 4 is 22.4 Å². The minimum atomic E-state index is -0.325. The maximum absolute atomic E-state index is 11.3. The van der Waals surface area contributed by atoms with Crippen LogP contribution in [-0.2, 0) is 9.47 Å². The number of rotatable bonds is 3. The van der Waals surface area contributed by atoms with Gasteiger partial charge in [0.05, 0.1) is 19.4 Å². The minimum absolute atomic E-state index is 0.259. The second kappa shape index (κ2) is 5.46. The quantitative estimate of drug-likeness (QED) is 0.768. The van der Waals surface area contributed by atoms with Crippen molar-refractivity contribution in [2.45, 2.75) is 18.9 Å². The molecule has 0 aliphatic carbocycles. The van der Waals surface area contributed by atoms with E-state index in [0.717, 1.165) is 31.1 Å². The van der Waals surface area contributed by atoms with Gasteiger partial charge in [0.1, 0.15) is 4.88 Å². The van der Waals surface area contributed by atoms with Crippen molar-refractivity contribution in [3.05, 3.63) is 11.1 Å². The fourth-order valence-electron chi connectivity index (χ4n) is 1.91. The molecule has 6 heteroatoms. The van der Waals surface area contributed by atoms with Crippen molar-refractivity contribution in [1.29, 1.82) is 0 Å². The molecule has 1 fully saturated rings. The van der Waals surface area contributed by atoms with Crippen molar-refractivity contribution in [1.82, 2.24) is 4.98 Å². The average Bonchev–Trinajstić information content (AvgIpc) is 2.87. The number of methoxy groups -OCH3 is 2. The van der Waals surface area contributed by atoms with Gasteiger partial charge >= 0.3 is 5.97 Å². The first-order chi connectivity index (χ1) is 8.24. The molecule has 2 rings (SSSR count). The van der Waals surface area contributed by atoms with Crippen LogP contribution >= 0.6 is 11.3 Å². The first kappa shape index (κ1) is 12.3. The van der Waals surface area contributed by atoms with Gasteiger partial charge in [0, 0.05) is 20.2 Å². The summed E-state index contributed by atoms with van der Waals surface area (Å²) in [4.78, 5) is 18.3. The lowest BCUT2D eigenvalue weighted by atomic mass is 10.1. The number of nitrogens with zero attached hydrogens (tertiary/aromatic N) is 2. The van der Waals surface area contributed by atoms with Crippen molar-refractivity contribution in [2.24, 2.45) is 0 Å². The molecule has 17 heavy (non-hydrogen) atoms. The average molecular weight is 256 g/mol. The van der Waals surface area contributed by atoms with Crippen LogP contribution < -0.4 is 4.90 Å². The van der Waals surface area contributed by atoms with Gasteiger partial charge in [-0.1, -0.05) is 11.3 Å². The monoisotopic (exact) mass is 256 g/mol. The van der Waals surface area contributed by atoms with Crippen LogP contribution in [0.5, 0.6) is 0 Å². The maximum Gasteiger partial charge on any atom is 0.349 e. The van der Waals surface area contributed by atoms with Gasteiger partial charge in [-0.3, -0.25) is 0 Å². The SMILES string of the molecule is COC(=O)c1cnc(N2CCCC(OC)C2)s1. The molecule has 0 bridgehead atoms. The Kier molecular flexibility index (Phi) is 3.96. The summed E-state index contributed by atoms with van der Waals surface area (Å²) in [6.45, 7) is 1.80. The summed E-state index contributed by atoms with van der Waals surface area (Å²) in [7, 11) is 3.11. The molecule has 1 aliphatic heterocycles. The van der Waals surface area contributed by atoms with E-state index in [9.17, 15) is 4.79 Å². The Morgan fingerprint density at radius 2 is 2.41 bits per heavy atom. The second-order valence-electron chi connectivity index (χ2n) is 3.94. The molecule has 1 atom stereocenters. The lowest BCUT2D eigenvalue weighted by Crippen LogP contribution is -2.39. The number of carbonyl (C=O) groups excluding carboxylic acids is 1. The van der Waals surface area contributed by atoms with Crippen molar-refractivity contribution in [2.75, 3.05) is 32.2 Å². The van der Waals surface area contributed by atoms with Gasteiger partial charge in [0.2, 0.25) is 0 Å². The summed E-state index contributed by atoms with van der Waals surface area (Å²) in [6, 6.07) is 0. The predicted molar refractivity (Wildman–Crippen MR) is 65.7 cm³/mol. The number of piperidine rings is 1. The van der Waals surface area contributed by atoms with Gasteiger partial charge in [0.15, 0.2) is 5.13 Å². The molecule has 94 valence electrons. The Hall–Kier alpha value is -1.14. The fraction of sp³-hybridized carbons (Fsp3) is 0.636. The summed E-state index contributed by atoms with van der Waals surface area (Å²) in [5.41, 5.74) is 0. The summed E-state index contributed by atoms with van der Waals surface area (Å²) < 4.78 is 10.0. The Labute approximate surface area is 104 Å². The zero-order chi connectivity index (χ0) is 12.3. The fourth-order valence-corrected chi connectivity index (χ4v) is 2.78. The van der Waals surface area contributed by atoms with Gasteiger partial charge in [-0.05, 0) is 12.8 Å². The van der Waals surface area contributed by atoms with E-state index in [2.05, 4.69) is 14.6 Å². The smallest absolute Gasteiger partial charge is 0.349 e. The largest absolute Gasteiger partial charge is 0.465 e. The molecule has 0 saturated carbocycles. The summed E-state index contributed by atoms with van der Waals surface area (Å²) >= 11 is 1.37. The highest BCUT2D eigenvalue weighted by atomic mass is 32.1. The summed E-state index contributed by atoms with van der Waals surface area (Å²) in [6.07, 6.45) is 4.00. The predicted octanol–water partition coefficient (Wildman–Crippen LogP) is 1.54. The highest BCUT2D eigenvalue weighted by Crippen LogP contribution is 2.26. The van der Waals surface area contributed by atoms with Crippen LogP contribution in [0.1, 0.15) is 22.5 Å². The van der Waals surface area contributed by atoms with Gasteiger partial charge < -0.3 is 14.4 Å². The maximum atomic E-state index is 11.3. The molecule has 5 nitrogen and oxygen atoms in total. The van der Waals surface area contributed by atoms with E-state index in [1.807, 2.05) is 0 Å². The van der Waals surface area contributed by atoms with Crippen molar-refractivity contribution in [3.8, 4) is 0 Å². The molecule has 1 aliphatic rings. The molecular weight excluding hydrogens is 240 g/mol. The third kappa shape index (κ3) is 2.76. The first-order valence-corrected chi connectivity index (χ1v) is 6.38. The standard InChI is InChI=1S/C11H16N2O3S/c1-15-8-4-3-5-13(7-8)11-12-6-9(17-11)10(14)16-2/h6,8H,3-5,7H2,1-2H3. The van der Waals surface area contributed by atoms with Crippen LogP contribution in [0, 0.1) is 0 Å². The number of carbonyl (C=O) groups is 1. The molecule has 1 aromatic rings. The van der Waals surface area contributed by atoms with Crippen LogP contribution in [0.2, 0.25) is 0 Å². The highest BCUT2D eigenvalue weighted by Gasteiger charge is 2.22. The Balaban J connectivity index is 2.06. The van der Waals surface area contributed by atoms with E-state index in [-0.39, 0.29) is 12.1 Å². The number of esters is 1. The number of thiazole rings is 1. The number of ether oxygens (including phenoxy) is 2. The Morgan fingerprint density at radius 3 is 3.12 bits per heavy atom. The summed E-state index contributed by atoms with van der Waals surface area (Å²) in [5, 5.41) is 0.868. The lowest BCUT2D eigenvalue weighted by Gasteiger charge is -2.31. The normalized spacial score (nSPS) is 20.4. The minimum Gasteiger partial charge on any atom is -0.465 e. The number of hydrogen-bond donors (Lipinski definition) is 0. The topological polar surface area (TPSA) is 51.7 Å². The van der Waals surface area contributed by atoms with E-state index in [1.165, 1.54) is 18.4 Å². The molecule has 0 radical (unpaired) electrons. The van der Waals surface area contributed by atoms with E-state index in [4.69, 9.17) is 4.74 Å².